The molecule has 1 atom stereocenters. The van der Waals surface area contributed by atoms with Crippen molar-refractivity contribution in [3.05, 3.63) is 44.2 Å². The summed E-state index contributed by atoms with van der Waals surface area (Å²) in [6, 6.07) is 5.16. The van der Waals surface area contributed by atoms with Crippen molar-refractivity contribution >= 4 is 44.1 Å². The van der Waals surface area contributed by atoms with Gasteiger partial charge in [-0.25, -0.2) is 0 Å². The predicted molar refractivity (Wildman–Crippen MR) is 107 cm³/mol. The lowest BCUT2D eigenvalue weighted by Gasteiger charge is -2.18. The molecule has 1 unspecified atom stereocenters. The zero-order chi connectivity index (χ0) is 18.8. The minimum absolute atomic E-state index is 0.275. The second kappa shape index (κ2) is 7.80. The van der Waals surface area contributed by atoms with Gasteiger partial charge in [0.15, 0.2) is 0 Å². The average molecular weight is 437 g/mol. The fraction of sp³-hybridized carbons (Fsp3) is 0.368. The average Bonchev–Trinajstić information content (AvgIpc) is 2.93. The molecular formula is C19H21BrN2O3S. The summed E-state index contributed by atoms with van der Waals surface area (Å²) in [7, 11) is 0. The lowest BCUT2D eigenvalue weighted by atomic mass is 9.88. The Kier molecular flexibility index (Phi) is 5.67. The van der Waals surface area contributed by atoms with Crippen LogP contribution >= 0.6 is 27.3 Å². The zero-order valence-corrected chi connectivity index (χ0v) is 17.1. The monoisotopic (exact) mass is 436 g/mol. The molecular weight excluding hydrogens is 416 g/mol. The molecule has 1 aromatic heterocycles. The molecule has 2 aromatic rings. The number of ether oxygens (including phenoxy) is 1. The molecule has 0 spiro atoms. The van der Waals surface area contributed by atoms with Crippen LogP contribution in [0.25, 0.3) is 0 Å². The highest BCUT2D eigenvalue weighted by Gasteiger charge is 2.27. The van der Waals surface area contributed by atoms with E-state index in [1.807, 2.05) is 6.92 Å². The SMILES string of the molecule is CCOc1ccc(C(=O)Nc2sc3c(c2C(N)=O)CCC(C)C3)cc1Br. The molecule has 0 bridgehead atoms. The first kappa shape index (κ1) is 18.9. The van der Waals surface area contributed by atoms with Gasteiger partial charge in [0.1, 0.15) is 10.8 Å². The number of amides is 2. The molecule has 1 aliphatic rings. The van der Waals surface area contributed by atoms with Crippen LogP contribution in [0, 0.1) is 5.92 Å². The van der Waals surface area contributed by atoms with E-state index in [1.165, 1.54) is 11.3 Å². The van der Waals surface area contributed by atoms with Gasteiger partial charge in [-0.05, 0) is 71.8 Å². The van der Waals surface area contributed by atoms with Crippen LogP contribution < -0.4 is 15.8 Å². The molecule has 1 heterocycles. The van der Waals surface area contributed by atoms with Gasteiger partial charge in [0, 0.05) is 10.4 Å². The molecule has 0 saturated heterocycles. The van der Waals surface area contributed by atoms with E-state index >= 15 is 0 Å². The molecule has 0 fully saturated rings. The molecule has 1 aromatic carbocycles. The minimum Gasteiger partial charge on any atom is -0.493 e. The Morgan fingerprint density at radius 1 is 1.42 bits per heavy atom. The Labute approximate surface area is 165 Å². The van der Waals surface area contributed by atoms with Crippen LogP contribution in [0.15, 0.2) is 22.7 Å². The molecule has 0 saturated carbocycles. The summed E-state index contributed by atoms with van der Waals surface area (Å²) in [6.07, 6.45) is 2.78. The Hall–Kier alpha value is -1.86. The number of rotatable bonds is 5. The van der Waals surface area contributed by atoms with Crippen molar-refractivity contribution in [2.45, 2.75) is 33.1 Å². The molecule has 2 amide bonds. The Morgan fingerprint density at radius 3 is 2.85 bits per heavy atom. The zero-order valence-electron chi connectivity index (χ0n) is 14.7. The summed E-state index contributed by atoms with van der Waals surface area (Å²) in [5.41, 5.74) is 7.56. The standard InChI is InChI=1S/C19H21BrN2O3S/c1-3-25-14-7-5-11(9-13(14)20)18(24)22-19-16(17(21)23)12-6-4-10(2)8-15(12)26-19/h5,7,9-10H,3-4,6,8H2,1-2H3,(H2,21,23)(H,22,24). The number of anilines is 1. The van der Waals surface area contributed by atoms with E-state index in [4.69, 9.17) is 10.5 Å². The summed E-state index contributed by atoms with van der Waals surface area (Å²) in [5, 5.41) is 3.42. The third-order valence-corrected chi connectivity index (χ3v) is 6.27. The highest BCUT2D eigenvalue weighted by molar-refractivity contribution is 9.10. The summed E-state index contributed by atoms with van der Waals surface area (Å²) < 4.78 is 6.18. The van der Waals surface area contributed by atoms with Crippen molar-refractivity contribution in [2.75, 3.05) is 11.9 Å². The van der Waals surface area contributed by atoms with Gasteiger partial charge in [0.2, 0.25) is 0 Å². The molecule has 5 nitrogen and oxygen atoms in total. The Bertz CT molecular complexity index is 863. The number of carbonyl (C=O) groups excluding carboxylic acids is 2. The molecule has 138 valence electrons. The second-order valence-electron chi connectivity index (χ2n) is 6.45. The van der Waals surface area contributed by atoms with Gasteiger partial charge < -0.3 is 15.8 Å². The van der Waals surface area contributed by atoms with E-state index in [1.54, 1.807) is 18.2 Å². The van der Waals surface area contributed by atoms with Crippen LogP contribution in [-0.4, -0.2) is 18.4 Å². The Morgan fingerprint density at radius 2 is 2.19 bits per heavy atom. The first-order valence-electron chi connectivity index (χ1n) is 8.58. The number of nitrogens with one attached hydrogen (secondary N) is 1. The van der Waals surface area contributed by atoms with E-state index in [0.717, 1.165) is 29.7 Å². The number of hydrogen-bond donors (Lipinski definition) is 2. The third kappa shape index (κ3) is 3.78. The van der Waals surface area contributed by atoms with Gasteiger partial charge in [-0.2, -0.15) is 0 Å². The number of benzene rings is 1. The van der Waals surface area contributed by atoms with E-state index in [-0.39, 0.29) is 5.91 Å². The van der Waals surface area contributed by atoms with Crippen molar-refractivity contribution in [1.82, 2.24) is 0 Å². The first-order chi connectivity index (χ1) is 12.4. The highest BCUT2D eigenvalue weighted by atomic mass is 79.9. The summed E-state index contributed by atoms with van der Waals surface area (Å²) in [5.74, 6) is 0.498. The van der Waals surface area contributed by atoms with E-state index in [2.05, 4.69) is 28.2 Å². The number of fused-ring (bicyclic) bond motifs is 1. The molecule has 3 N–H and O–H groups in total. The van der Waals surface area contributed by atoms with E-state index < -0.39 is 5.91 Å². The lowest BCUT2D eigenvalue weighted by molar-refractivity contribution is 0.1000. The van der Waals surface area contributed by atoms with E-state index in [9.17, 15) is 9.59 Å². The fourth-order valence-electron chi connectivity index (χ4n) is 3.19. The maximum atomic E-state index is 12.7. The van der Waals surface area contributed by atoms with Gasteiger partial charge in [-0.1, -0.05) is 6.92 Å². The summed E-state index contributed by atoms with van der Waals surface area (Å²) in [6.45, 7) is 4.64. The van der Waals surface area contributed by atoms with Crippen LogP contribution in [0.4, 0.5) is 5.00 Å². The topological polar surface area (TPSA) is 81.4 Å². The number of nitrogens with two attached hydrogens (primary N) is 1. The molecule has 1 aliphatic carbocycles. The maximum Gasteiger partial charge on any atom is 0.256 e. The van der Waals surface area contributed by atoms with Gasteiger partial charge in [-0.15, -0.1) is 11.3 Å². The minimum atomic E-state index is -0.486. The summed E-state index contributed by atoms with van der Waals surface area (Å²) >= 11 is 4.88. The van der Waals surface area contributed by atoms with Crippen molar-refractivity contribution in [3.63, 3.8) is 0 Å². The molecule has 0 aliphatic heterocycles. The van der Waals surface area contributed by atoms with Crippen molar-refractivity contribution in [1.29, 1.82) is 0 Å². The van der Waals surface area contributed by atoms with Crippen molar-refractivity contribution in [2.24, 2.45) is 11.7 Å². The quantitative estimate of drug-likeness (QED) is 0.728. The van der Waals surface area contributed by atoms with Gasteiger partial charge in [0.25, 0.3) is 11.8 Å². The van der Waals surface area contributed by atoms with Crippen molar-refractivity contribution in [3.8, 4) is 5.75 Å². The molecule has 7 heteroatoms. The Balaban J connectivity index is 1.88. The van der Waals surface area contributed by atoms with Crippen LogP contribution in [0.2, 0.25) is 0 Å². The van der Waals surface area contributed by atoms with Gasteiger partial charge >= 0.3 is 0 Å². The number of hydrogen-bond acceptors (Lipinski definition) is 4. The van der Waals surface area contributed by atoms with Gasteiger partial charge in [-0.3, -0.25) is 9.59 Å². The lowest BCUT2D eigenvalue weighted by Crippen LogP contribution is -2.19. The molecule has 3 rings (SSSR count). The first-order valence-corrected chi connectivity index (χ1v) is 10.2. The number of carbonyl (C=O) groups is 2. The smallest absolute Gasteiger partial charge is 0.256 e. The molecule has 0 radical (unpaired) electrons. The molecule has 26 heavy (non-hydrogen) atoms. The van der Waals surface area contributed by atoms with Crippen molar-refractivity contribution < 1.29 is 14.3 Å². The van der Waals surface area contributed by atoms with Crippen LogP contribution in [0.5, 0.6) is 5.75 Å². The number of thiophene rings is 1. The van der Waals surface area contributed by atoms with Crippen LogP contribution in [0.1, 0.15) is 51.4 Å². The number of primary amides is 1. The van der Waals surface area contributed by atoms with E-state index in [0.29, 0.717) is 38.9 Å². The highest BCUT2D eigenvalue weighted by Crippen LogP contribution is 2.39. The van der Waals surface area contributed by atoms with Gasteiger partial charge in [0.05, 0.1) is 16.6 Å². The maximum absolute atomic E-state index is 12.7. The van der Waals surface area contributed by atoms with Crippen LogP contribution in [-0.2, 0) is 12.8 Å². The fourth-order valence-corrected chi connectivity index (χ4v) is 5.09. The summed E-state index contributed by atoms with van der Waals surface area (Å²) in [4.78, 5) is 25.8. The largest absolute Gasteiger partial charge is 0.493 e. The van der Waals surface area contributed by atoms with Crippen LogP contribution in [0.3, 0.4) is 0 Å². The normalized spacial score (nSPS) is 16.0. The number of halogens is 1. The predicted octanol–water partition coefficient (Wildman–Crippen LogP) is 4.39. The second-order valence-corrected chi connectivity index (χ2v) is 8.41. The third-order valence-electron chi connectivity index (χ3n) is 4.48.